The topological polar surface area (TPSA) is 35.2 Å². The summed E-state index contributed by atoms with van der Waals surface area (Å²) in [6, 6.07) is 4.33. The molecule has 0 aliphatic carbocycles. The summed E-state index contributed by atoms with van der Waals surface area (Å²) in [6.07, 6.45) is 0.997. The Bertz CT molecular complexity index is 377. The minimum absolute atomic E-state index is 0.443. The zero-order chi connectivity index (χ0) is 13.0. The normalized spacial score (nSPS) is 12.9. The van der Waals surface area contributed by atoms with E-state index in [0.717, 1.165) is 16.6 Å². The highest BCUT2D eigenvalue weighted by atomic mass is 79.9. The van der Waals surface area contributed by atoms with Gasteiger partial charge in [-0.05, 0) is 42.5 Å². The molecule has 0 radical (unpaired) electrons. The third-order valence-corrected chi connectivity index (χ3v) is 3.74. The van der Waals surface area contributed by atoms with Crippen LogP contribution in [0.15, 0.2) is 16.6 Å². The van der Waals surface area contributed by atoms with E-state index in [9.17, 15) is 0 Å². The molecule has 1 aromatic carbocycles. The molecule has 0 amide bonds. The van der Waals surface area contributed by atoms with E-state index in [2.05, 4.69) is 48.8 Å². The second-order valence-electron chi connectivity index (χ2n) is 4.75. The molecule has 17 heavy (non-hydrogen) atoms. The number of halogens is 1. The maximum atomic E-state index is 5.61. The smallest absolute Gasteiger partial charge is 0.123 e. The molecule has 0 spiro atoms. The van der Waals surface area contributed by atoms with Crippen LogP contribution in [0.2, 0.25) is 0 Å². The first kappa shape index (κ1) is 14.5. The second-order valence-corrected chi connectivity index (χ2v) is 5.61. The van der Waals surface area contributed by atoms with Crippen LogP contribution in [-0.4, -0.2) is 13.7 Å². The van der Waals surface area contributed by atoms with Gasteiger partial charge in [-0.1, -0.05) is 36.7 Å². The van der Waals surface area contributed by atoms with E-state index in [1.165, 1.54) is 11.1 Å². The van der Waals surface area contributed by atoms with Crippen LogP contribution in [0.4, 0.5) is 0 Å². The van der Waals surface area contributed by atoms with Crippen LogP contribution in [0, 0.1) is 0 Å². The van der Waals surface area contributed by atoms with Crippen molar-refractivity contribution < 1.29 is 4.74 Å². The van der Waals surface area contributed by atoms with Gasteiger partial charge in [0.25, 0.3) is 0 Å². The number of methoxy groups -OCH3 is 1. The van der Waals surface area contributed by atoms with Crippen LogP contribution >= 0.6 is 15.9 Å². The maximum Gasteiger partial charge on any atom is 0.123 e. The lowest BCUT2D eigenvalue weighted by atomic mass is 9.93. The molecule has 0 saturated carbocycles. The van der Waals surface area contributed by atoms with Gasteiger partial charge in [-0.15, -0.1) is 0 Å². The molecule has 0 heterocycles. The molecule has 0 saturated heterocycles. The Balaban J connectivity index is 3.17. The van der Waals surface area contributed by atoms with Gasteiger partial charge in [0.15, 0.2) is 0 Å². The fourth-order valence-corrected chi connectivity index (χ4v) is 2.96. The van der Waals surface area contributed by atoms with Crippen LogP contribution in [0.3, 0.4) is 0 Å². The number of ether oxygens (including phenoxy) is 1. The number of benzene rings is 1. The van der Waals surface area contributed by atoms with Crippen molar-refractivity contribution in [2.45, 2.75) is 39.0 Å². The first-order valence-electron chi connectivity index (χ1n) is 6.08. The average Bonchev–Trinajstić information content (AvgIpc) is 2.27. The van der Waals surface area contributed by atoms with E-state index in [1.54, 1.807) is 7.11 Å². The van der Waals surface area contributed by atoms with Crippen molar-refractivity contribution in [2.24, 2.45) is 5.73 Å². The van der Waals surface area contributed by atoms with Gasteiger partial charge >= 0.3 is 0 Å². The number of rotatable bonds is 5. The number of hydrogen-bond donors (Lipinski definition) is 1. The van der Waals surface area contributed by atoms with Gasteiger partial charge in [-0.25, -0.2) is 0 Å². The predicted octanol–water partition coefficient (Wildman–Crippen LogP) is 4.03. The summed E-state index contributed by atoms with van der Waals surface area (Å²) >= 11 is 3.65. The molecule has 96 valence electrons. The fourth-order valence-electron chi connectivity index (χ4n) is 2.04. The molecule has 0 aliphatic heterocycles. The van der Waals surface area contributed by atoms with E-state index in [1.807, 2.05) is 0 Å². The third kappa shape index (κ3) is 3.46. The molecule has 1 rings (SSSR count). The first-order valence-corrected chi connectivity index (χ1v) is 6.87. The highest BCUT2D eigenvalue weighted by molar-refractivity contribution is 9.10. The Morgan fingerprint density at radius 1 is 1.29 bits per heavy atom. The lowest BCUT2D eigenvalue weighted by molar-refractivity contribution is 0.406. The molecule has 2 nitrogen and oxygen atoms in total. The van der Waals surface area contributed by atoms with Gasteiger partial charge in [0.1, 0.15) is 5.75 Å². The third-order valence-electron chi connectivity index (χ3n) is 3.08. The van der Waals surface area contributed by atoms with Crippen molar-refractivity contribution in [3.63, 3.8) is 0 Å². The highest BCUT2D eigenvalue weighted by Crippen LogP contribution is 2.37. The fraction of sp³-hybridized carbons (Fsp3) is 0.571. The Labute approximate surface area is 113 Å². The van der Waals surface area contributed by atoms with Crippen molar-refractivity contribution in [2.75, 3.05) is 13.7 Å². The van der Waals surface area contributed by atoms with Gasteiger partial charge in [0, 0.05) is 10.0 Å². The lowest BCUT2D eigenvalue weighted by Gasteiger charge is -2.18. The molecule has 1 unspecified atom stereocenters. The van der Waals surface area contributed by atoms with Crippen LogP contribution in [0.5, 0.6) is 5.75 Å². The molecule has 0 aliphatic rings. The summed E-state index contributed by atoms with van der Waals surface area (Å²) in [6.45, 7) is 7.26. The zero-order valence-electron chi connectivity index (χ0n) is 11.1. The minimum Gasteiger partial charge on any atom is -0.496 e. The molecule has 0 aromatic heterocycles. The van der Waals surface area contributed by atoms with Crippen molar-refractivity contribution in [3.05, 3.63) is 27.7 Å². The Kier molecular flexibility index (Phi) is 5.47. The summed E-state index contributed by atoms with van der Waals surface area (Å²) in [4.78, 5) is 0. The molecule has 0 bridgehead atoms. The minimum atomic E-state index is 0.443. The van der Waals surface area contributed by atoms with E-state index in [4.69, 9.17) is 10.5 Å². The van der Waals surface area contributed by atoms with E-state index >= 15 is 0 Å². The number of hydrogen-bond acceptors (Lipinski definition) is 2. The van der Waals surface area contributed by atoms with E-state index < -0.39 is 0 Å². The molecule has 1 atom stereocenters. The molecule has 3 heteroatoms. The van der Waals surface area contributed by atoms with Gasteiger partial charge in [-0.2, -0.15) is 0 Å². The van der Waals surface area contributed by atoms with Crippen molar-refractivity contribution >= 4 is 15.9 Å². The quantitative estimate of drug-likeness (QED) is 0.891. The molecular formula is C14H22BrNO. The Hall–Kier alpha value is -0.540. The molecule has 2 N–H and O–H groups in total. The van der Waals surface area contributed by atoms with Crippen LogP contribution in [0.1, 0.15) is 50.2 Å². The van der Waals surface area contributed by atoms with Gasteiger partial charge in [0.2, 0.25) is 0 Å². The molecular weight excluding hydrogens is 278 g/mol. The zero-order valence-corrected chi connectivity index (χ0v) is 12.7. The molecule has 1 aromatic rings. The highest BCUT2D eigenvalue weighted by Gasteiger charge is 2.15. The first-order chi connectivity index (χ1) is 8.01. The monoisotopic (exact) mass is 299 g/mol. The van der Waals surface area contributed by atoms with Gasteiger partial charge < -0.3 is 10.5 Å². The number of nitrogens with two attached hydrogens (primary N) is 1. The summed E-state index contributed by atoms with van der Waals surface area (Å²) in [5, 5.41) is 0. The molecule has 0 fully saturated rings. The average molecular weight is 300 g/mol. The summed E-state index contributed by atoms with van der Waals surface area (Å²) < 4.78 is 6.63. The van der Waals surface area contributed by atoms with Crippen LogP contribution in [0.25, 0.3) is 0 Å². The standard InChI is InChI=1S/C14H22BrNO/c1-9(2)14-12(15)7-11(8-13(14)17-4)10(3)5-6-16/h7-10H,5-6,16H2,1-4H3. The van der Waals surface area contributed by atoms with Crippen molar-refractivity contribution in [1.29, 1.82) is 0 Å². The van der Waals surface area contributed by atoms with Gasteiger partial charge in [0.05, 0.1) is 7.11 Å². The Morgan fingerprint density at radius 3 is 2.41 bits per heavy atom. The Morgan fingerprint density at radius 2 is 1.94 bits per heavy atom. The van der Waals surface area contributed by atoms with Crippen molar-refractivity contribution in [1.82, 2.24) is 0 Å². The maximum absolute atomic E-state index is 5.61. The van der Waals surface area contributed by atoms with E-state index in [-0.39, 0.29) is 0 Å². The van der Waals surface area contributed by atoms with Gasteiger partial charge in [-0.3, -0.25) is 0 Å². The van der Waals surface area contributed by atoms with Crippen LogP contribution in [-0.2, 0) is 0 Å². The van der Waals surface area contributed by atoms with Crippen LogP contribution < -0.4 is 10.5 Å². The van der Waals surface area contributed by atoms with E-state index in [0.29, 0.717) is 18.4 Å². The summed E-state index contributed by atoms with van der Waals surface area (Å²) in [5.74, 6) is 1.87. The van der Waals surface area contributed by atoms with Crippen molar-refractivity contribution in [3.8, 4) is 5.75 Å². The lowest BCUT2D eigenvalue weighted by Crippen LogP contribution is -2.06. The largest absolute Gasteiger partial charge is 0.496 e. The predicted molar refractivity (Wildman–Crippen MR) is 76.9 cm³/mol. The second kappa shape index (κ2) is 6.41. The SMILES string of the molecule is COc1cc(C(C)CCN)cc(Br)c1C(C)C. The summed E-state index contributed by atoms with van der Waals surface area (Å²) in [5.41, 5.74) is 8.12. The summed E-state index contributed by atoms with van der Waals surface area (Å²) in [7, 11) is 1.73.